The van der Waals surface area contributed by atoms with E-state index in [9.17, 15) is 13.2 Å². The van der Waals surface area contributed by atoms with Gasteiger partial charge in [-0.15, -0.1) is 0 Å². The van der Waals surface area contributed by atoms with Crippen LogP contribution in [0.4, 0.5) is 0 Å². The van der Waals surface area contributed by atoms with Gasteiger partial charge in [0.05, 0.1) is 24.2 Å². The molecule has 0 unspecified atom stereocenters. The van der Waals surface area contributed by atoms with Gasteiger partial charge in [-0.05, 0) is 31.4 Å². The number of aryl methyl sites for hydroxylation is 2. The van der Waals surface area contributed by atoms with Crippen molar-refractivity contribution in [3.05, 3.63) is 35.1 Å². The summed E-state index contributed by atoms with van der Waals surface area (Å²) in [5.74, 6) is 0.0388. The van der Waals surface area contributed by atoms with E-state index in [-0.39, 0.29) is 29.9 Å². The molecule has 1 aromatic carbocycles. The number of hydrogen-bond acceptors (Lipinski definition) is 4. The molecule has 2 aromatic rings. The monoisotopic (exact) mass is 321 g/mol. The fourth-order valence-electron chi connectivity index (χ4n) is 2.89. The first-order valence-electron chi connectivity index (χ1n) is 7.32. The number of nitrogens with one attached hydrogen (secondary N) is 1. The molecule has 1 N–H and O–H groups in total. The topological polar surface area (TPSA) is 76.4 Å². The molecular formula is C16H19NO4S. The molecule has 0 radical (unpaired) electrons. The number of carbonyl (C=O) groups excluding carboxylic acids is 1. The zero-order chi connectivity index (χ0) is 15.9. The quantitative estimate of drug-likeness (QED) is 0.936. The van der Waals surface area contributed by atoms with E-state index >= 15 is 0 Å². The first-order chi connectivity index (χ1) is 10.4. The van der Waals surface area contributed by atoms with Crippen LogP contribution >= 0.6 is 0 Å². The number of hydrogen-bond donors (Lipinski definition) is 1. The molecule has 1 amide bonds. The summed E-state index contributed by atoms with van der Waals surface area (Å²) in [7, 11) is -2.98. The van der Waals surface area contributed by atoms with Gasteiger partial charge in [-0.2, -0.15) is 0 Å². The Morgan fingerprint density at radius 1 is 1.36 bits per heavy atom. The highest BCUT2D eigenvalue weighted by Crippen LogP contribution is 2.26. The van der Waals surface area contributed by atoms with Gasteiger partial charge in [-0.25, -0.2) is 8.42 Å². The molecular weight excluding hydrogens is 302 g/mol. The fourth-order valence-corrected chi connectivity index (χ4v) is 4.56. The molecule has 1 aliphatic heterocycles. The van der Waals surface area contributed by atoms with Crippen LogP contribution in [0.2, 0.25) is 0 Å². The molecule has 3 rings (SSSR count). The third-order valence-corrected chi connectivity index (χ3v) is 6.06. The van der Waals surface area contributed by atoms with Crippen molar-refractivity contribution in [1.29, 1.82) is 0 Å². The van der Waals surface area contributed by atoms with Crippen LogP contribution in [0, 0.1) is 13.8 Å². The maximum atomic E-state index is 12.1. The van der Waals surface area contributed by atoms with Gasteiger partial charge in [0.2, 0.25) is 5.91 Å². The highest BCUT2D eigenvalue weighted by atomic mass is 32.2. The van der Waals surface area contributed by atoms with E-state index in [2.05, 4.69) is 5.32 Å². The fraction of sp³-hybridized carbons (Fsp3) is 0.438. The van der Waals surface area contributed by atoms with Crippen molar-refractivity contribution in [3.63, 3.8) is 0 Å². The van der Waals surface area contributed by atoms with Crippen LogP contribution in [-0.2, 0) is 21.1 Å². The molecule has 0 saturated carbocycles. The maximum Gasteiger partial charge on any atom is 0.224 e. The Bertz CT molecular complexity index is 835. The minimum Gasteiger partial charge on any atom is -0.464 e. The third-order valence-electron chi connectivity index (χ3n) is 4.29. The highest BCUT2D eigenvalue weighted by Gasteiger charge is 2.29. The SMILES string of the molecule is Cc1ccc2c(CC(=O)N[C@@H]3CCS(=O)(=O)C3)coc2c1C. The molecule has 2 heterocycles. The second-order valence-corrected chi connectivity index (χ2v) is 8.22. The van der Waals surface area contributed by atoms with Crippen molar-refractivity contribution >= 4 is 26.7 Å². The lowest BCUT2D eigenvalue weighted by atomic mass is 10.0. The number of furan rings is 1. The van der Waals surface area contributed by atoms with E-state index in [1.54, 1.807) is 6.26 Å². The first kappa shape index (κ1) is 15.1. The van der Waals surface area contributed by atoms with E-state index in [0.29, 0.717) is 6.42 Å². The van der Waals surface area contributed by atoms with Crippen LogP contribution in [0.3, 0.4) is 0 Å². The van der Waals surface area contributed by atoms with Gasteiger partial charge in [0.15, 0.2) is 9.84 Å². The molecule has 22 heavy (non-hydrogen) atoms. The second-order valence-electron chi connectivity index (χ2n) is 5.99. The van der Waals surface area contributed by atoms with E-state index in [0.717, 1.165) is 27.7 Å². The van der Waals surface area contributed by atoms with Crippen LogP contribution in [-0.4, -0.2) is 31.9 Å². The average molecular weight is 321 g/mol. The van der Waals surface area contributed by atoms with E-state index in [4.69, 9.17) is 4.42 Å². The number of carbonyl (C=O) groups is 1. The highest BCUT2D eigenvalue weighted by molar-refractivity contribution is 7.91. The second kappa shape index (κ2) is 5.43. The molecule has 5 nitrogen and oxygen atoms in total. The van der Waals surface area contributed by atoms with Crippen LogP contribution < -0.4 is 5.32 Å². The molecule has 1 fully saturated rings. The van der Waals surface area contributed by atoms with Crippen LogP contribution in [0.1, 0.15) is 23.1 Å². The smallest absolute Gasteiger partial charge is 0.224 e. The Morgan fingerprint density at radius 2 is 2.14 bits per heavy atom. The summed E-state index contributed by atoms with van der Waals surface area (Å²) in [6.45, 7) is 4.01. The van der Waals surface area contributed by atoms with Crippen molar-refractivity contribution in [2.45, 2.75) is 32.7 Å². The molecule has 6 heteroatoms. The van der Waals surface area contributed by atoms with Crippen LogP contribution in [0.5, 0.6) is 0 Å². The number of sulfone groups is 1. The van der Waals surface area contributed by atoms with Crippen molar-refractivity contribution in [3.8, 4) is 0 Å². The van der Waals surface area contributed by atoms with Crippen molar-refractivity contribution < 1.29 is 17.6 Å². The Morgan fingerprint density at radius 3 is 2.82 bits per heavy atom. The summed E-state index contributed by atoms with van der Waals surface area (Å²) in [4.78, 5) is 12.1. The summed E-state index contributed by atoms with van der Waals surface area (Å²) in [5, 5.41) is 3.75. The maximum absolute atomic E-state index is 12.1. The molecule has 1 aliphatic rings. The third kappa shape index (κ3) is 2.88. The molecule has 1 aromatic heterocycles. The Kier molecular flexibility index (Phi) is 3.72. The predicted molar refractivity (Wildman–Crippen MR) is 84.6 cm³/mol. The lowest BCUT2D eigenvalue weighted by Crippen LogP contribution is -2.36. The van der Waals surface area contributed by atoms with Gasteiger partial charge >= 0.3 is 0 Å². The standard InChI is InChI=1S/C16H19NO4S/c1-10-3-4-14-12(8-21-16(14)11(10)2)7-15(18)17-13-5-6-22(19,20)9-13/h3-4,8,13H,5-7,9H2,1-2H3,(H,17,18)/t13-/m1/s1. The van der Waals surface area contributed by atoms with Crippen molar-refractivity contribution in [1.82, 2.24) is 5.32 Å². The first-order valence-corrected chi connectivity index (χ1v) is 9.14. The summed E-state index contributed by atoms with van der Waals surface area (Å²) >= 11 is 0. The van der Waals surface area contributed by atoms with E-state index < -0.39 is 9.84 Å². The lowest BCUT2D eigenvalue weighted by molar-refractivity contribution is -0.120. The number of rotatable bonds is 3. The zero-order valence-corrected chi connectivity index (χ0v) is 13.5. The van der Waals surface area contributed by atoms with Crippen LogP contribution in [0.25, 0.3) is 11.0 Å². The summed E-state index contributed by atoms with van der Waals surface area (Å²) in [5.41, 5.74) is 3.86. The minimum atomic E-state index is -2.98. The molecule has 0 aliphatic carbocycles. The number of amides is 1. The zero-order valence-electron chi connectivity index (χ0n) is 12.7. The average Bonchev–Trinajstić information content (AvgIpc) is 2.98. The summed E-state index contributed by atoms with van der Waals surface area (Å²) in [6, 6.07) is 3.71. The summed E-state index contributed by atoms with van der Waals surface area (Å²) < 4.78 is 28.4. The van der Waals surface area contributed by atoms with Gasteiger partial charge in [0.1, 0.15) is 5.58 Å². The normalized spacial score (nSPS) is 20.4. The van der Waals surface area contributed by atoms with E-state index in [1.807, 2.05) is 26.0 Å². The molecule has 1 saturated heterocycles. The Labute approximate surface area is 129 Å². The molecule has 0 bridgehead atoms. The van der Waals surface area contributed by atoms with E-state index in [1.165, 1.54) is 0 Å². The van der Waals surface area contributed by atoms with Crippen molar-refractivity contribution in [2.75, 3.05) is 11.5 Å². The largest absolute Gasteiger partial charge is 0.464 e. The van der Waals surface area contributed by atoms with Gasteiger partial charge in [-0.1, -0.05) is 12.1 Å². The number of benzene rings is 1. The Hall–Kier alpha value is -1.82. The molecule has 1 atom stereocenters. The van der Waals surface area contributed by atoms with Gasteiger partial charge < -0.3 is 9.73 Å². The van der Waals surface area contributed by atoms with Crippen molar-refractivity contribution in [2.24, 2.45) is 0 Å². The van der Waals surface area contributed by atoms with Crippen LogP contribution in [0.15, 0.2) is 22.8 Å². The number of fused-ring (bicyclic) bond motifs is 1. The van der Waals surface area contributed by atoms with Gasteiger partial charge in [0, 0.05) is 17.0 Å². The lowest BCUT2D eigenvalue weighted by Gasteiger charge is -2.10. The minimum absolute atomic E-state index is 0.0448. The van der Waals surface area contributed by atoms with Gasteiger partial charge in [0.25, 0.3) is 0 Å². The Balaban J connectivity index is 1.74. The predicted octanol–water partition coefficient (Wildman–Crippen LogP) is 1.90. The molecule has 118 valence electrons. The van der Waals surface area contributed by atoms with Gasteiger partial charge in [-0.3, -0.25) is 4.79 Å². The summed E-state index contributed by atoms with van der Waals surface area (Å²) in [6.07, 6.45) is 2.31. The molecule has 0 spiro atoms.